The molecule has 0 radical (unpaired) electrons. The standard InChI is InChI=1S/C30H37FO3/c1-19(32)34-23-14-16-29(2)21(18-23)7-10-24-25-11-12-27(30(25,3)17-15-26(24)29)28(33)13-6-20-4-8-22(31)9-5-20/h4-9,13,23-27H,10-12,14-18H2,1-3H3/b13-6+/t23-,24?,25?,26?,27?,29-,30-/m0/s1. The molecule has 0 amide bonds. The summed E-state index contributed by atoms with van der Waals surface area (Å²) in [5, 5.41) is 0. The average Bonchev–Trinajstić information content (AvgIpc) is 3.16. The van der Waals surface area contributed by atoms with Crippen molar-refractivity contribution in [3.8, 4) is 0 Å². The molecule has 0 bridgehead atoms. The maximum atomic E-state index is 13.3. The third-order valence-electron chi connectivity index (χ3n) is 10.0. The van der Waals surface area contributed by atoms with Gasteiger partial charge in [0.05, 0.1) is 0 Å². The van der Waals surface area contributed by atoms with Crippen LogP contribution in [0.2, 0.25) is 0 Å². The van der Waals surface area contributed by atoms with E-state index in [9.17, 15) is 14.0 Å². The maximum Gasteiger partial charge on any atom is 0.302 e. The molecule has 3 saturated carbocycles. The van der Waals surface area contributed by atoms with Gasteiger partial charge in [-0.25, -0.2) is 4.39 Å². The number of carbonyl (C=O) groups excluding carboxylic acids is 2. The molecule has 3 fully saturated rings. The number of ether oxygens (including phenoxy) is 1. The third-order valence-corrected chi connectivity index (χ3v) is 10.0. The van der Waals surface area contributed by atoms with Crippen LogP contribution < -0.4 is 0 Å². The molecule has 5 rings (SSSR count). The van der Waals surface area contributed by atoms with Crippen molar-refractivity contribution in [1.82, 2.24) is 0 Å². The largest absolute Gasteiger partial charge is 0.462 e. The van der Waals surface area contributed by atoms with Crippen molar-refractivity contribution < 1.29 is 18.7 Å². The Balaban J connectivity index is 1.32. The van der Waals surface area contributed by atoms with Gasteiger partial charge in [0.25, 0.3) is 0 Å². The third kappa shape index (κ3) is 3.97. The second kappa shape index (κ2) is 8.77. The highest BCUT2D eigenvalue weighted by Gasteiger charge is 2.59. The number of benzene rings is 1. The van der Waals surface area contributed by atoms with Crippen LogP contribution in [-0.2, 0) is 14.3 Å². The minimum atomic E-state index is -0.260. The first kappa shape index (κ1) is 23.5. The number of hydrogen-bond acceptors (Lipinski definition) is 3. The molecule has 34 heavy (non-hydrogen) atoms. The van der Waals surface area contributed by atoms with Crippen molar-refractivity contribution >= 4 is 17.8 Å². The number of ketones is 1. The normalized spacial score (nSPS) is 39.1. The molecule has 4 heteroatoms. The molecule has 4 aliphatic carbocycles. The van der Waals surface area contributed by atoms with E-state index in [1.165, 1.54) is 31.1 Å². The molecule has 0 spiro atoms. The number of fused-ring (bicyclic) bond motifs is 5. The number of hydrogen-bond donors (Lipinski definition) is 0. The zero-order valence-electron chi connectivity index (χ0n) is 20.7. The van der Waals surface area contributed by atoms with Crippen LogP contribution in [0, 0.1) is 40.3 Å². The molecular formula is C30H37FO3. The van der Waals surface area contributed by atoms with Gasteiger partial charge >= 0.3 is 5.97 Å². The van der Waals surface area contributed by atoms with E-state index in [-0.39, 0.29) is 40.4 Å². The quantitative estimate of drug-likeness (QED) is 0.276. The second-order valence-corrected chi connectivity index (χ2v) is 11.7. The van der Waals surface area contributed by atoms with Gasteiger partial charge in [0.15, 0.2) is 5.78 Å². The van der Waals surface area contributed by atoms with E-state index < -0.39 is 0 Å². The van der Waals surface area contributed by atoms with Gasteiger partial charge < -0.3 is 4.74 Å². The molecule has 0 aromatic heterocycles. The SMILES string of the molecule is CC(=O)O[C@H]1CC[C@@]2(C)C(=CCC3C4CCC(C(=O)/C=C/c5ccc(F)cc5)[C@@]4(C)CCC32)C1. The summed E-state index contributed by atoms with van der Waals surface area (Å²) in [6.07, 6.45) is 14.5. The molecular weight excluding hydrogens is 427 g/mol. The van der Waals surface area contributed by atoms with Crippen LogP contribution in [0.1, 0.15) is 77.7 Å². The summed E-state index contributed by atoms with van der Waals surface area (Å²) in [6.45, 7) is 6.33. The summed E-state index contributed by atoms with van der Waals surface area (Å²) in [5.41, 5.74) is 2.62. The molecule has 3 nitrogen and oxygen atoms in total. The highest BCUT2D eigenvalue weighted by molar-refractivity contribution is 5.96. The Morgan fingerprint density at radius 1 is 1.03 bits per heavy atom. The lowest BCUT2D eigenvalue weighted by Crippen LogP contribution is -2.51. The van der Waals surface area contributed by atoms with Crippen molar-refractivity contribution in [1.29, 1.82) is 0 Å². The number of allylic oxidation sites excluding steroid dienone is 2. The summed E-state index contributed by atoms with van der Waals surface area (Å²) in [5.74, 6) is 1.75. The summed E-state index contributed by atoms with van der Waals surface area (Å²) < 4.78 is 18.8. The molecule has 0 aliphatic heterocycles. The zero-order chi connectivity index (χ0) is 24.1. The molecule has 182 valence electrons. The van der Waals surface area contributed by atoms with Crippen molar-refractivity contribution in [2.45, 2.75) is 78.2 Å². The lowest BCUT2D eigenvalue weighted by atomic mass is 9.47. The first-order valence-corrected chi connectivity index (χ1v) is 13.0. The van der Waals surface area contributed by atoms with Crippen LogP contribution >= 0.6 is 0 Å². The fourth-order valence-corrected chi connectivity index (χ4v) is 8.30. The molecule has 1 aromatic rings. The van der Waals surface area contributed by atoms with Crippen LogP contribution in [0.3, 0.4) is 0 Å². The van der Waals surface area contributed by atoms with Gasteiger partial charge in [-0.1, -0.05) is 43.7 Å². The first-order valence-electron chi connectivity index (χ1n) is 13.0. The van der Waals surface area contributed by atoms with Gasteiger partial charge in [0.1, 0.15) is 11.9 Å². The summed E-state index contributed by atoms with van der Waals surface area (Å²) in [4.78, 5) is 24.8. The van der Waals surface area contributed by atoms with Gasteiger partial charge in [-0.2, -0.15) is 0 Å². The minimum absolute atomic E-state index is 0.0311. The molecule has 4 unspecified atom stereocenters. The molecule has 0 saturated heterocycles. The predicted molar refractivity (Wildman–Crippen MR) is 131 cm³/mol. The average molecular weight is 465 g/mol. The predicted octanol–water partition coefficient (Wildman–Crippen LogP) is 6.92. The van der Waals surface area contributed by atoms with E-state index in [1.54, 1.807) is 18.2 Å². The van der Waals surface area contributed by atoms with E-state index in [2.05, 4.69) is 19.9 Å². The van der Waals surface area contributed by atoms with E-state index in [1.807, 2.05) is 6.08 Å². The smallest absolute Gasteiger partial charge is 0.302 e. The number of esters is 1. The number of halogens is 1. The van der Waals surface area contributed by atoms with E-state index in [4.69, 9.17) is 4.74 Å². The van der Waals surface area contributed by atoms with Gasteiger partial charge in [-0.05, 0) is 97.3 Å². The lowest BCUT2D eigenvalue weighted by Gasteiger charge is -2.58. The highest BCUT2D eigenvalue weighted by Crippen LogP contribution is 2.66. The zero-order valence-corrected chi connectivity index (χ0v) is 20.7. The van der Waals surface area contributed by atoms with E-state index in [0.717, 1.165) is 50.5 Å². The summed E-state index contributed by atoms with van der Waals surface area (Å²) >= 11 is 0. The molecule has 7 atom stereocenters. The monoisotopic (exact) mass is 464 g/mol. The maximum absolute atomic E-state index is 13.3. The van der Waals surface area contributed by atoms with E-state index >= 15 is 0 Å². The Labute approximate surface area is 202 Å². The summed E-state index contributed by atoms with van der Waals surface area (Å²) in [6, 6.07) is 6.30. The van der Waals surface area contributed by atoms with Crippen LogP contribution in [0.5, 0.6) is 0 Å². The Bertz CT molecular complexity index is 1020. The molecule has 1 aromatic carbocycles. The van der Waals surface area contributed by atoms with Gasteiger partial charge in [0, 0.05) is 19.3 Å². The van der Waals surface area contributed by atoms with E-state index in [0.29, 0.717) is 17.8 Å². The van der Waals surface area contributed by atoms with Crippen LogP contribution in [0.15, 0.2) is 42.0 Å². The fourth-order valence-electron chi connectivity index (χ4n) is 8.30. The van der Waals surface area contributed by atoms with Crippen LogP contribution in [0.25, 0.3) is 6.08 Å². The van der Waals surface area contributed by atoms with Crippen molar-refractivity contribution in [2.24, 2.45) is 34.5 Å². The Kier molecular flexibility index (Phi) is 6.06. The van der Waals surface area contributed by atoms with Crippen LogP contribution in [0.4, 0.5) is 4.39 Å². The van der Waals surface area contributed by atoms with Crippen molar-refractivity contribution in [2.75, 3.05) is 0 Å². The molecule has 0 N–H and O–H groups in total. The van der Waals surface area contributed by atoms with Crippen LogP contribution in [-0.4, -0.2) is 17.9 Å². The Morgan fingerprint density at radius 2 is 1.79 bits per heavy atom. The number of carbonyl (C=O) groups is 2. The second-order valence-electron chi connectivity index (χ2n) is 11.7. The Hall–Kier alpha value is -2.23. The minimum Gasteiger partial charge on any atom is -0.462 e. The Morgan fingerprint density at radius 3 is 2.53 bits per heavy atom. The van der Waals surface area contributed by atoms with Crippen molar-refractivity contribution in [3.63, 3.8) is 0 Å². The highest BCUT2D eigenvalue weighted by atomic mass is 19.1. The topological polar surface area (TPSA) is 43.4 Å². The first-order chi connectivity index (χ1) is 16.2. The van der Waals surface area contributed by atoms with Gasteiger partial charge in [0.2, 0.25) is 0 Å². The lowest BCUT2D eigenvalue weighted by molar-refractivity contribution is -0.149. The van der Waals surface area contributed by atoms with Gasteiger partial charge in [-0.3, -0.25) is 9.59 Å². The molecule has 0 heterocycles. The summed E-state index contributed by atoms with van der Waals surface area (Å²) in [7, 11) is 0. The van der Waals surface area contributed by atoms with Gasteiger partial charge in [-0.15, -0.1) is 0 Å². The molecule has 4 aliphatic rings. The number of rotatable bonds is 4. The van der Waals surface area contributed by atoms with Crippen molar-refractivity contribution in [3.05, 3.63) is 53.4 Å². The fraction of sp³-hybridized carbons (Fsp3) is 0.600.